The summed E-state index contributed by atoms with van der Waals surface area (Å²) in [6, 6.07) is 7.20. The molecule has 1 atom stereocenters. The van der Waals surface area contributed by atoms with Gasteiger partial charge in [0.25, 0.3) is 0 Å². The van der Waals surface area contributed by atoms with Crippen LogP contribution in [0.2, 0.25) is 0 Å². The van der Waals surface area contributed by atoms with Crippen molar-refractivity contribution in [3.8, 4) is 6.07 Å². The van der Waals surface area contributed by atoms with Crippen LogP contribution in [0.1, 0.15) is 12.5 Å². The number of aliphatic imine (C=N–C) groups is 1. The predicted molar refractivity (Wildman–Crippen MR) is 88.9 cm³/mol. The van der Waals surface area contributed by atoms with E-state index in [1.54, 1.807) is 29.4 Å². The minimum absolute atomic E-state index is 0.0105. The molecule has 0 aliphatic carbocycles. The lowest BCUT2D eigenvalue weighted by Crippen LogP contribution is -2.37. The summed E-state index contributed by atoms with van der Waals surface area (Å²) in [5, 5.41) is 24.4. The van der Waals surface area contributed by atoms with Gasteiger partial charge in [0, 0.05) is 25.8 Å². The second-order valence-corrected chi connectivity index (χ2v) is 5.14. The van der Waals surface area contributed by atoms with Gasteiger partial charge in [0.15, 0.2) is 5.11 Å². The summed E-state index contributed by atoms with van der Waals surface area (Å²) in [5.74, 6) is 0. The first-order valence-electron chi connectivity index (χ1n) is 6.39. The van der Waals surface area contributed by atoms with E-state index in [9.17, 15) is 5.26 Å². The topological polar surface area (TPSA) is 83.7 Å². The van der Waals surface area contributed by atoms with Crippen molar-refractivity contribution in [2.45, 2.75) is 13.0 Å². The predicted octanol–water partition coefficient (Wildman–Crippen LogP) is 1.45. The Morgan fingerprint density at radius 1 is 1.57 bits per heavy atom. The van der Waals surface area contributed by atoms with E-state index in [2.05, 4.69) is 21.7 Å². The summed E-state index contributed by atoms with van der Waals surface area (Å²) in [5.41, 5.74) is 1.74. The Labute approximate surface area is 130 Å². The molecule has 0 radical (unpaired) electrons. The van der Waals surface area contributed by atoms with Crippen LogP contribution in [-0.2, 0) is 0 Å². The molecule has 0 aliphatic rings. The van der Waals surface area contributed by atoms with E-state index >= 15 is 0 Å². The highest BCUT2D eigenvalue weighted by atomic mass is 32.1. The van der Waals surface area contributed by atoms with Crippen molar-refractivity contribution in [1.82, 2.24) is 10.2 Å². The van der Waals surface area contributed by atoms with Gasteiger partial charge < -0.3 is 20.6 Å². The van der Waals surface area contributed by atoms with Gasteiger partial charge in [-0.25, -0.2) is 4.99 Å². The molecule has 0 bridgehead atoms. The van der Waals surface area contributed by atoms with E-state index in [0.29, 0.717) is 22.1 Å². The Morgan fingerprint density at radius 2 is 2.29 bits per heavy atom. The maximum Gasteiger partial charge on any atom is 0.171 e. The van der Waals surface area contributed by atoms with Crippen molar-refractivity contribution in [2.75, 3.05) is 26.0 Å². The fourth-order valence-electron chi connectivity index (χ4n) is 1.43. The lowest BCUT2D eigenvalue weighted by atomic mass is 10.2. The van der Waals surface area contributed by atoms with Crippen LogP contribution in [0.25, 0.3) is 0 Å². The molecule has 112 valence electrons. The van der Waals surface area contributed by atoms with Gasteiger partial charge in [0.2, 0.25) is 0 Å². The molecule has 7 heteroatoms. The molecule has 6 nitrogen and oxygen atoms in total. The molecule has 0 fully saturated rings. The molecule has 0 spiro atoms. The largest absolute Gasteiger partial charge is 0.394 e. The number of hydrogen-bond acceptors (Lipinski definition) is 4. The molecular weight excluding hydrogens is 286 g/mol. The number of benzene rings is 1. The SMILES string of the molecule is CC(CO)NC(=S)Nc1ccc(N=CN(C)C)c(C#N)c1. The zero-order valence-electron chi connectivity index (χ0n) is 12.3. The normalized spacial score (nSPS) is 11.8. The maximum absolute atomic E-state index is 9.18. The van der Waals surface area contributed by atoms with E-state index in [1.165, 1.54) is 0 Å². The molecule has 1 unspecified atom stereocenters. The summed E-state index contributed by atoms with van der Waals surface area (Å²) in [6.07, 6.45) is 1.64. The molecule has 0 saturated carbocycles. The number of anilines is 1. The minimum atomic E-state index is -0.135. The fraction of sp³-hybridized carbons (Fsp3) is 0.357. The zero-order valence-corrected chi connectivity index (χ0v) is 13.1. The molecule has 1 rings (SSSR count). The van der Waals surface area contributed by atoms with Gasteiger partial charge in [-0.3, -0.25) is 0 Å². The van der Waals surface area contributed by atoms with Crippen molar-refractivity contribution in [2.24, 2.45) is 4.99 Å². The lowest BCUT2D eigenvalue weighted by Gasteiger charge is -2.15. The standard InChI is InChI=1S/C14H19N5OS/c1-10(8-20)17-14(21)18-12-4-5-13(11(6-12)7-15)16-9-19(2)3/h4-6,9-10,20H,8H2,1-3H3,(H2,17,18,21). The third-order valence-corrected chi connectivity index (χ3v) is 2.67. The van der Waals surface area contributed by atoms with Gasteiger partial charge in [-0.15, -0.1) is 0 Å². The zero-order chi connectivity index (χ0) is 15.8. The average Bonchev–Trinajstić information content (AvgIpc) is 2.45. The molecule has 0 saturated heterocycles. The molecule has 0 aliphatic heterocycles. The quantitative estimate of drug-likeness (QED) is 0.434. The second-order valence-electron chi connectivity index (χ2n) is 4.73. The monoisotopic (exact) mass is 305 g/mol. The third kappa shape index (κ3) is 5.77. The Bertz CT molecular complexity index is 565. The minimum Gasteiger partial charge on any atom is -0.394 e. The van der Waals surface area contributed by atoms with Crippen molar-refractivity contribution < 1.29 is 5.11 Å². The van der Waals surface area contributed by atoms with Crippen molar-refractivity contribution >= 4 is 35.0 Å². The van der Waals surface area contributed by atoms with Crippen LogP contribution < -0.4 is 10.6 Å². The van der Waals surface area contributed by atoms with Crippen LogP contribution in [0.5, 0.6) is 0 Å². The van der Waals surface area contributed by atoms with E-state index < -0.39 is 0 Å². The average molecular weight is 305 g/mol. The number of nitrogens with zero attached hydrogens (tertiary/aromatic N) is 3. The number of aliphatic hydroxyl groups is 1. The highest BCUT2D eigenvalue weighted by molar-refractivity contribution is 7.80. The van der Waals surface area contributed by atoms with Gasteiger partial charge in [-0.1, -0.05) is 0 Å². The van der Waals surface area contributed by atoms with Gasteiger partial charge in [0.1, 0.15) is 6.07 Å². The summed E-state index contributed by atoms with van der Waals surface area (Å²) >= 11 is 5.12. The van der Waals surface area contributed by atoms with E-state index in [-0.39, 0.29) is 12.6 Å². The summed E-state index contributed by atoms with van der Waals surface area (Å²) in [4.78, 5) is 6.02. The Kier molecular flexibility index (Phi) is 6.59. The Balaban J connectivity index is 2.83. The number of aliphatic hydroxyl groups excluding tert-OH is 1. The smallest absolute Gasteiger partial charge is 0.171 e. The number of rotatable bonds is 5. The van der Waals surface area contributed by atoms with Crippen LogP contribution in [0, 0.1) is 11.3 Å². The Hall–Kier alpha value is -2.17. The van der Waals surface area contributed by atoms with Crippen molar-refractivity contribution in [3.63, 3.8) is 0 Å². The van der Waals surface area contributed by atoms with Crippen molar-refractivity contribution in [1.29, 1.82) is 5.26 Å². The van der Waals surface area contributed by atoms with Crippen LogP contribution in [0.3, 0.4) is 0 Å². The van der Waals surface area contributed by atoms with Crippen LogP contribution in [-0.4, -0.2) is 48.2 Å². The molecular formula is C14H19N5OS. The lowest BCUT2D eigenvalue weighted by molar-refractivity contribution is 0.264. The molecule has 0 aromatic heterocycles. The van der Waals surface area contributed by atoms with Crippen LogP contribution in [0.15, 0.2) is 23.2 Å². The number of nitriles is 1. The first-order valence-corrected chi connectivity index (χ1v) is 6.80. The van der Waals surface area contributed by atoms with E-state index in [4.69, 9.17) is 17.3 Å². The molecule has 3 N–H and O–H groups in total. The van der Waals surface area contributed by atoms with E-state index in [0.717, 1.165) is 0 Å². The maximum atomic E-state index is 9.18. The number of nitrogens with one attached hydrogen (secondary N) is 2. The highest BCUT2D eigenvalue weighted by Crippen LogP contribution is 2.22. The second kappa shape index (κ2) is 8.19. The first kappa shape index (κ1) is 16.9. The molecule has 21 heavy (non-hydrogen) atoms. The summed E-state index contributed by atoms with van der Waals surface area (Å²) in [6.45, 7) is 1.80. The van der Waals surface area contributed by atoms with Gasteiger partial charge >= 0.3 is 0 Å². The van der Waals surface area contributed by atoms with Crippen molar-refractivity contribution in [3.05, 3.63) is 23.8 Å². The summed E-state index contributed by atoms with van der Waals surface area (Å²) in [7, 11) is 3.72. The van der Waals surface area contributed by atoms with Gasteiger partial charge in [0.05, 0.1) is 24.2 Å². The molecule has 0 amide bonds. The Morgan fingerprint density at radius 3 is 2.86 bits per heavy atom. The third-order valence-electron chi connectivity index (χ3n) is 2.45. The van der Waals surface area contributed by atoms with Crippen LogP contribution >= 0.6 is 12.2 Å². The number of hydrogen-bond donors (Lipinski definition) is 3. The molecule has 0 heterocycles. The number of thiocarbonyl (C=S) groups is 1. The fourth-order valence-corrected chi connectivity index (χ4v) is 1.75. The highest BCUT2D eigenvalue weighted by Gasteiger charge is 2.06. The van der Waals surface area contributed by atoms with Gasteiger partial charge in [-0.2, -0.15) is 5.26 Å². The first-order chi connectivity index (χ1) is 9.96. The van der Waals surface area contributed by atoms with Crippen LogP contribution in [0.4, 0.5) is 11.4 Å². The molecule has 1 aromatic rings. The van der Waals surface area contributed by atoms with Gasteiger partial charge in [-0.05, 0) is 37.3 Å². The summed E-state index contributed by atoms with van der Waals surface area (Å²) < 4.78 is 0. The molecule has 1 aromatic carbocycles. The van der Waals surface area contributed by atoms with E-state index in [1.807, 2.05) is 21.0 Å².